The summed E-state index contributed by atoms with van der Waals surface area (Å²) in [5.41, 5.74) is 4.02. The Bertz CT molecular complexity index is 372. The predicted molar refractivity (Wildman–Crippen MR) is 70.3 cm³/mol. The highest BCUT2D eigenvalue weighted by Crippen LogP contribution is 2.21. The number of nitrogens with one attached hydrogen (secondary N) is 2. The minimum absolute atomic E-state index is 0.314. The van der Waals surface area contributed by atoms with E-state index in [0.717, 1.165) is 19.8 Å². The van der Waals surface area contributed by atoms with Gasteiger partial charge >= 0.3 is 0 Å². The number of likely N-dealkylation sites (N-methyl/N-ethyl adjacent to an activating group) is 1. The molecule has 94 valence electrons. The van der Waals surface area contributed by atoms with Crippen molar-refractivity contribution in [3.63, 3.8) is 0 Å². The average molecular weight is 234 g/mol. The van der Waals surface area contributed by atoms with E-state index in [0.29, 0.717) is 12.1 Å². The van der Waals surface area contributed by atoms with Crippen LogP contribution in [-0.2, 0) is 4.74 Å². The van der Waals surface area contributed by atoms with Gasteiger partial charge in [0.15, 0.2) is 0 Å². The lowest BCUT2D eigenvalue weighted by Gasteiger charge is -2.31. The van der Waals surface area contributed by atoms with Gasteiger partial charge in [-0.15, -0.1) is 0 Å². The van der Waals surface area contributed by atoms with Crippen molar-refractivity contribution < 1.29 is 4.74 Å². The third-order valence-electron chi connectivity index (χ3n) is 3.55. The molecule has 2 N–H and O–H groups in total. The summed E-state index contributed by atoms with van der Waals surface area (Å²) in [6.07, 6.45) is 0. The fraction of sp³-hybridized carbons (Fsp3) is 0.571. The molecule has 3 nitrogen and oxygen atoms in total. The summed E-state index contributed by atoms with van der Waals surface area (Å²) in [7, 11) is 2.01. The van der Waals surface area contributed by atoms with Crippen molar-refractivity contribution in [3.05, 3.63) is 34.9 Å². The third kappa shape index (κ3) is 2.86. The molecule has 0 saturated carbocycles. The van der Waals surface area contributed by atoms with Crippen molar-refractivity contribution in [3.8, 4) is 0 Å². The van der Waals surface area contributed by atoms with E-state index in [1.165, 1.54) is 16.7 Å². The molecule has 1 aromatic rings. The normalized spacial score (nSPS) is 22.4. The Kier molecular flexibility index (Phi) is 4.15. The number of benzene rings is 1. The van der Waals surface area contributed by atoms with Crippen molar-refractivity contribution in [2.24, 2.45) is 0 Å². The Balaban J connectivity index is 2.18. The van der Waals surface area contributed by atoms with Crippen LogP contribution in [0.3, 0.4) is 0 Å². The summed E-state index contributed by atoms with van der Waals surface area (Å²) >= 11 is 0. The van der Waals surface area contributed by atoms with Crippen LogP contribution in [0.4, 0.5) is 0 Å². The molecule has 1 fully saturated rings. The first-order chi connectivity index (χ1) is 8.22. The molecule has 0 amide bonds. The third-order valence-corrected chi connectivity index (χ3v) is 3.55. The number of ether oxygens (including phenoxy) is 1. The van der Waals surface area contributed by atoms with Crippen molar-refractivity contribution in [1.29, 1.82) is 0 Å². The first kappa shape index (κ1) is 12.6. The van der Waals surface area contributed by atoms with Gasteiger partial charge in [0, 0.05) is 12.6 Å². The monoisotopic (exact) mass is 234 g/mol. The van der Waals surface area contributed by atoms with E-state index < -0.39 is 0 Å². The minimum Gasteiger partial charge on any atom is -0.378 e. The molecular weight excluding hydrogens is 212 g/mol. The lowest BCUT2D eigenvalue weighted by molar-refractivity contribution is 0.0645. The summed E-state index contributed by atoms with van der Waals surface area (Å²) in [5.74, 6) is 0. The van der Waals surface area contributed by atoms with Gasteiger partial charge < -0.3 is 15.4 Å². The molecule has 0 radical (unpaired) electrons. The van der Waals surface area contributed by atoms with Crippen molar-refractivity contribution >= 4 is 0 Å². The largest absolute Gasteiger partial charge is 0.378 e. The molecule has 2 rings (SSSR count). The summed E-state index contributed by atoms with van der Waals surface area (Å²) in [5, 5.41) is 6.91. The van der Waals surface area contributed by atoms with Gasteiger partial charge in [-0.05, 0) is 37.6 Å². The molecule has 3 heteroatoms. The summed E-state index contributed by atoms with van der Waals surface area (Å²) in [6, 6.07) is 7.34. The van der Waals surface area contributed by atoms with Crippen LogP contribution in [0.5, 0.6) is 0 Å². The Hall–Kier alpha value is -0.900. The van der Waals surface area contributed by atoms with Crippen LogP contribution in [0.2, 0.25) is 0 Å². The van der Waals surface area contributed by atoms with E-state index in [-0.39, 0.29) is 0 Å². The predicted octanol–water partition coefficient (Wildman–Crippen LogP) is 1.55. The Labute approximate surface area is 104 Å². The fourth-order valence-electron chi connectivity index (χ4n) is 2.36. The van der Waals surface area contributed by atoms with E-state index in [9.17, 15) is 0 Å². The fourth-order valence-corrected chi connectivity index (χ4v) is 2.36. The maximum absolute atomic E-state index is 5.54. The van der Waals surface area contributed by atoms with Crippen LogP contribution in [0.15, 0.2) is 18.2 Å². The highest BCUT2D eigenvalue weighted by atomic mass is 16.5. The second-order valence-electron chi connectivity index (χ2n) is 4.75. The number of rotatable bonds is 3. The lowest BCUT2D eigenvalue weighted by Crippen LogP contribution is -2.48. The van der Waals surface area contributed by atoms with Gasteiger partial charge in [0.1, 0.15) is 0 Å². The van der Waals surface area contributed by atoms with Gasteiger partial charge in [-0.2, -0.15) is 0 Å². The molecule has 1 heterocycles. The number of hydrogen-bond acceptors (Lipinski definition) is 3. The SMILES string of the molecule is CNC(c1ccc(C)c(C)c1)C1COCCN1. The molecule has 0 aliphatic carbocycles. The van der Waals surface area contributed by atoms with Crippen molar-refractivity contribution in [2.75, 3.05) is 26.8 Å². The smallest absolute Gasteiger partial charge is 0.0638 e. The molecule has 17 heavy (non-hydrogen) atoms. The Morgan fingerprint density at radius 1 is 1.35 bits per heavy atom. The Morgan fingerprint density at radius 2 is 2.18 bits per heavy atom. The summed E-state index contributed by atoms with van der Waals surface area (Å²) < 4.78 is 5.54. The van der Waals surface area contributed by atoms with E-state index in [1.807, 2.05) is 7.05 Å². The summed E-state index contributed by atoms with van der Waals surface area (Å²) in [4.78, 5) is 0. The molecule has 0 spiro atoms. The van der Waals surface area contributed by atoms with Gasteiger partial charge in [0.05, 0.1) is 19.3 Å². The molecule has 1 aliphatic heterocycles. The van der Waals surface area contributed by atoms with E-state index in [1.54, 1.807) is 0 Å². The lowest BCUT2D eigenvalue weighted by atomic mass is 9.96. The van der Waals surface area contributed by atoms with Crippen LogP contribution in [-0.4, -0.2) is 32.8 Å². The molecule has 2 unspecified atom stereocenters. The molecule has 0 bridgehead atoms. The van der Waals surface area contributed by atoms with Gasteiger partial charge in [0.2, 0.25) is 0 Å². The van der Waals surface area contributed by atoms with Crippen LogP contribution in [0.25, 0.3) is 0 Å². The van der Waals surface area contributed by atoms with Gasteiger partial charge in [-0.25, -0.2) is 0 Å². The number of hydrogen-bond donors (Lipinski definition) is 2. The van der Waals surface area contributed by atoms with Gasteiger partial charge in [0.25, 0.3) is 0 Å². The second-order valence-corrected chi connectivity index (χ2v) is 4.75. The van der Waals surface area contributed by atoms with Crippen LogP contribution in [0, 0.1) is 13.8 Å². The van der Waals surface area contributed by atoms with Crippen LogP contribution >= 0.6 is 0 Å². The standard InChI is InChI=1S/C14H22N2O/c1-10-4-5-12(8-11(10)2)14(15-3)13-9-17-7-6-16-13/h4-5,8,13-16H,6-7,9H2,1-3H3. The zero-order valence-corrected chi connectivity index (χ0v) is 10.9. The first-order valence-corrected chi connectivity index (χ1v) is 6.28. The maximum Gasteiger partial charge on any atom is 0.0638 e. The maximum atomic E-state index is 5.54. The summed E-state index contributed by atoms with van der Waals surface area (Å²) in [6.45, 7) is 6.85. The van der Waals surface area contributed by atoms with Gasteiger partial charge in [-0.3, -0.25) is 0 Å². The van der Waals surface area contributed by atoms with Crippen molar-refractivity contribution in [1.82, 2.24) is 10.6 Å². The highest BCUT2D eigenvalue weighted by Gasteiger charge is 2.23. The quantitative estimate of drug-likeness (QED) is 0.832. The van der Waals surface area contributed by atoms with Crippen LogP contribution < -0.4 is 10.6 Å². The molecule has 0 aromatic heterocycles. The van der Waals surface area contributed by atoms with Gasteiger partial charge in [-0.1, -0.05) is 18.2 Å². The van der Waals surface area contributed by atoms with E-state index >= 15 is 0 Å². The second kappa shape index (κ2) is 5.63. The molecular formula is C14H22N2O. The first-order valence-electron chi connectivity index (χ1n) is 6.28. The topological polar surface area (TPSA) is 33.3 Å². The zero-order chi connectivity index (χ0) is 12.3. The molecule has 1 aromatic carbocycles. The van der Waals surface area contributed by atoms with E-state index in [4.69, 9.17) is 4.74 Å². The van der Waals surface area contributed by atoms with E-state index in [2.05, 4.69) is 42.7 Å². The minimum atomic E-state index is 0.314. The van der Waals surface area contributed by atoms with Crippen molar-refractivity contribution in [2.45, 2.75) is 25.9 Å². The number of aryl methyl sites for hydroxylation is 2. The molecule has 1 aliphatic rings. The molecule has 1 saturated heterocycles. The molecule has 2 atom stereocenters. The number of morpholine rings is 1. The zero-order valence-electron chi connectivity index (χ0n) is 10.9. The highest BCUT2D eigenvalue weighted by molar-refractivity contribution is 5.32. The van der Waals surface area contributed by atoms with Crippen LogP contribution in [0.1, 0.15) is 22.7 Å². The average Bonchev–Trinajstić information content (AvgIpc) is 2.36. The Morgan fingerprint density at radius 3 is 2.76 bits per heavy atom.